The van der Waals surface area contributed by atoms with Crippen molar-refractivity contribution in [3.8, 4) is 0 Å². The minimum absolute atomic E-state index is 0.000243. The van der Waals surface area contributed by atoms with Crippen molar-refractivity contribution in [3.05, 3.63) is 28.3 Å². The van der Waals surface area contributed by atoms with Gasteiger partial charge in [-0.05, 0) is 13.1 Å². The number of nitrogen functional groups attached to an aromatic ring is 1. The molecule has 3 N–H and O–H groups in total. The molecule has 0 atom stereocenters. The number of benzene rings is 1. The maximum absolute atomic E-state index is 10.6. The van der Waals surface area contributed by atoms with Gasteiger partial charge < -0.3 is 20.7 Å². The maximum atomic E-state index is 10.6. The highest BCUT2D eigenvalue weighted by Gasteiger charge is 2.08. The third kappa shape index (κ3) is 5.11. The molecule has 7 nitrogen and oxygen atoms in total. The topological polar surface area (TPSA) is 93.7 Å². The number of nitro groups is 1. The number of rotatable bonds is 8. The van der Waals surface area contributed by atoms with Crippen LogP contribution in [0.5, 0.6) is 0 Å². The first-order chi connectivity index (χ1) is 9.04. The van der Waals surface area contributed by atoms with E-state index in [9.17, 15) is 10.1 Å². The van der Waals surface area contributed by atoms with Gasteiger partial charge in [-0.1, -0.05) is 0 Å². The lowest BCUT2D eigenvalue weighted by Crippen LogP contribution is -2.28. The van der Waals surface area contributed by atoms with Crippen LogP contribution in [0.15, 0.2) is 18.2 Å². The summed E-state index contributed by atoms with van der Waals surface area (Å²) in [5.41, 5.74) is 6.85. The van der Waals surface area contributed by atoms with Crippen LogP contribution in [0.25, 0.3) is 0 Å². The van der Waals surface area contributed by atoms with Crippen molar-refractivity contribution in [1.29, 1.82) is 0 Å². The first-order valence-corrected chi connectivity index (χ1v) is 6.00. The van der Waals surface area contributed by atoms with E-state index in [2.05, 4.69) is 10.2 Å². The molecule has 0 spiro atoms. The van der Waals surface area contributed by atoms with E-state index in [1.54, 1.807) is 13.2 Å². The molecule has 1 rings (SSSR count). The van der Waals surface area contributed by atoms with Gasteiger partial charge in [-0.3, -0.25) is 10.1 Å². The van der Waals surface area contributed by atoms with E-state index < -0.39 is 4.92 Å². The number of nitrogens with zero attached hydrogens (tertiary/aromatic N) is 2. The second-order valence-electron chi connectivity index (χ2n) is 4.25. The zero-order chi connectivity index (χ0) is 14.3. The minimum Gasteiger partial charge on any atom is -0.397 e. The minimum atomic E-state index is -0.460. The number of methoxy groups -OCH3 is 1. The predicted molar refractivity (Wildman–Crippen MR) is 75.4 cm³/mol. The fourth-order valence-corrected chi connectivity index (χ4v) is 1.57. The summed E-state index contributed by atoms with van der Waals surface area (Å²) in [5.74, 6) is 0. The average molecular weight is 268 g/mol. The van der Waals surface area contributed by atoms with Crippen LogP contribution in [0.2, 0.25) is 0 Å². The number of nitrogens with one attached hydrogen (secondary N) is 1. The number of ether oxygens (including phenoxy) is 1. The molecule has 0 aliphatic rings. The number of anilines is 2. The van der Waals surface area contributed by atoms with E-state index in [0.717, 1.165) is 13.1 Å². The smallest absolute Gasteiger partial charge is 0.271 e. The molecule has 106 valence electrons. The van der Waals surface area contributed by atoms with Gasteiger partial charge in [0.05, 0.1) is 22.9 Å². The average Bonchev–Trinajstić information content (AvgIpc) is 2.38. The molecule has 19 heavy (non-hydrogen) atoms. The maximum Gasteiger partial charge on any atom is 0.271 e. The van der Waals surface area contributed by atoms with Crippen molar-refractivity contribution < 1.29 is 9.66 Å². The second-order valence-corrected chi connectivity index (χ2v) is 4.25. The molecule has 0 aliphatic carbocycles. The lowest BCUT2D eigenvalue weighted by Gasteiger charge is -2.17. The molecule has 0 amide bonds. The molecule has 0 saturated heterocycles. The number of nitrogens with two attached hydrogens (primary N) is 1. The van der Waals surface area contributed by atoms with E-state index >= 15 is 0 Å². The summed E-state index contributed by atoms with van der Waals surface area (Å²) in [6.45, 7) is 3.09. The molecule has 0 aromatic heterocycles. The fourth-order valence-electron chi connectivity index (χ4n) is 1.57. The summed E-state index contributed by atoms with van der Waals surface area (Å²) < 4.78 is 4.99. The molecule has 0 fully saturated rings. The largest absolute Gasteiger partial charge is 0.397 e. The Bertz CT molecular complexity index is 425. The van der Waals surface area contributed by atoms with Gasteiger partial charge in [0.2, 0.25) is 0 Å². The summed E-state index contributed by atoms with van der Waals surface area (Å²) in [6.07, 6.45) is 0. The Balaban J connectivity index is 2.43. The van der Waals surface area contributed by atoms with E-state index in [-0.39, 0.29) is 5.69 Å². The first-order valence-electron chi connectivity index (χ1n) is 6.00. The summed E-state index contributed by atoms with van der Waals surface area (Å²) >= 11 is 0. The number of nitro benzene ring substituents is 1. The number of hydrogen-bond donors (Lipinski definition) is 2. The lowest BCUT2D eigenvalue weighted by molar-refractivity contribution is -0.384. The Morgan fingerprint density at radius 3 is 2.79 bits per heavy atom. The summed E-state index contributed by atoms with van der Waals surface area (Å²) in [6, 6.07) is 4.42. The molecule has 1 aromatic carbocycles. The highest BCUT2D eigenvalue weighted by Crippen LogP contribution is 2.23. The number of hydrogen-bond acceptors (Lipinski definition) is 6. The molecule has 0 bridgehead atoms. The SMILES string of the molecule is COCCN(C)CCNc1ccc([N+](=O)[O-])cc1N. The molecule has 0 heterocycles. The van der Waals surface area contributed by atoms with Crippen molar-refractivity contribution >= 4 is 17.1 Å². The van der Waals surface area contributed by atoms with Crippen LogP contribution in [-0.2, 0) is 4.74 Å². The van der Waals surface area contributed by atoms with Crippen LogP contribution >= 0.6 is 0 Å². The number of likely N-dealkylation sites (N-methyl/N-ethyl adjacent to an activating group) is 1. The molecule has 0 saturated carbocycles. The van der Waals surface area contributed by atoms with Crippen LogP contribution in [0.1, 0.15) is 0 Å². The van der Waals surface area contributed by atoms with E-state index in [0.29, 0.717) is 24.5 Å². The van der Waals surface area contributed by atoms with E-state index in [1.165, 1.54) is 12.1 Å². The van der Waals surface area contributed by atoms with Crippen LogP contribution in [0.4, 0.5) is 17.1 Å². The molecule has 1 aromatic rings. The molecule has 0 radical (unpaired) electrons. The van der Waals surface area contributed by atoms with Crippen molar-refractivity contribution in [1.82, 2.24) is 4.90 Å². The number of non-ortho nitro benzene ring substituents is 1. The van der Waals surface area contributed by atoms with E-state index in [4.69, 9.17) is 10.5 Å². The van der Waals surface area contributed by atoms with Crippen molar-refractivity contribution in [2.24, 2.45) is 0 Å². The first kappa shape index (κ1) is 15.2. The Hall–Kier alpha value is -1.86. The van der Waals surface area contributed by atoms with Crippen molar-refractivity contribution in [2.75, 3.05) is 51.4 Å². The van der Waals surface area contributed by atoms with Gasteiger partial charge in [-0.2, -0.15) is 0 Å². The molecular weight excluding hydrogens is 248 g/mol. The highest BCUT2D eigenvalue weighted by molar-refractivity contribution is 5.69. The van der Waals surface area contributed by atoms with Gasteiger partial charge in [0, 0.05) is 38.9 Å². The van der Waals surface area contributed by atoms with Crippen LogP contribution in [-0.4, -0.2) is 50.2 Å². The zero-order valence-electron chi connectivity index (χ0n) is 11.3. The Morgan fingerprint density at radius 2 is 2.21 bits per heavy atom. The third-order valence-corrected chi connectivity index (χ3v) is 2.73. The van der Waals surface area contributed by atoms with Gasteiger partial charge in [0.1, 0.15) is 0 Å². The highest BCUT2D eigenvalue weighted by atomic mass is 16.6. The normalized spacial score (nSPS) is 10.7. The summed E-state index contributed by atoms with van der Waals surface area (Å²) in [7, 11) is 3.67. The van der Waals surface area contributed by atoms with Crippen LogP contribution in [0, 0.1) is 10.1 Å². The Kier molecular flexibility index (Phi) is 6.04. The molecule has 7 heteroatoms. The van der Waals surface area contributed by atoms with Crippen molar-refractivity contribution in [2.45, 2.75) is 0 Å². The standard InChI is InChI=1S/C12H20N4O3/c1-15(7-8-19-2)6-5-14-12-4-3-10(16(17)18)9-11(12)13/h3-4,9,14H,5-8,13H2,1-2H3. The lowest BCUT2D eigenvalue weighted by atomic mass is 10.2. The van der Waals surface area contributed by atoms with E-state index in [1.807, 2.05) is 7.05 Å². The Labute approximate surface area is 112 Å². The van der Waals surface area contributed by atoms with Crippen molar-refractivity contribution in [3.63, 3.8) is 0 Å². The third-order valence-electron chi connectivity index (χ3n) is 2.73. The van der Waals surface area contributed by atoms with Crippen LogP contribution < -0.4 is 11.1 Å². The molecule has 0 aliphatic heterocycles. The molecule has 0 unspecified atom stereocenters. The van der Waals surface area contributed by atoms with Gasteiger partial charge in [0.15, 0.2) is 0 Å². The van der Waals surface area contributed by atoms with Gasteiger partial charge in [0.25, 0.3) is 5.69 Å². The zero-order valence-corrected chi connectivity index (χ0v) is 11.3. The summed E-state index contributed by atoms with van der Waals surface area (Å²) in [4.78, 5) is 12.2. The Morgan fingerprint density at radius 1 is 1.47 bits per heavy atom. The van der Waals surface area contributed by atoms with Crippen LogP contribution in [0.3, 0.4) is 0 Å². The monoisotopic (exact) mass is 268 g/mol. The summed E-state index contributed by atoms with van der Waals surface area (Å²) in [5, 5.41) is 13.7. The predicted octanol–water partition coefficient (Wildman–Crippen LogP) is 1.17. The fraction of sp³-hybridized carbons (Fsp3) is 0.500. The second kappa shape index (κ2) is 7.55. The van der Waals surface area contributed by atoms with Gasteiger partial charge in [-0.15, -0.1) is 0 Å². The quantitative estimate of drug-likeness (QED) is 0.417. The van der Waals surface area contributed by atoms with Gasteiger partial charge in [-0.25, -0.2) is 0 Å². The molecular formula is C12H20N4O3. The van der Waals surface area contributed by atoms with Gasteiger partial charge >= 0.3 is 0 Å².